The van der Waals surface area contributed by atoms with Crippen molar-refractivity contribution in [3.8, 4) is 5.75 Å². The van der Waals surface area contributed by atoms with E-state index in [4.69, 9.17) is 9.84 Å². The fourth-order valence-corrected chi connectivity index (χ4v) is 2.86. The van der Waals surface area contributed by atoms with Gasteiger partial charge in [0.2, 0.25) is 5.91 Å². The average Bonchev–Trinajstić information content (AvgIpc) is 2.66. The van der Waals surface area contributed by atoms with E-state index in [9.17, 15) is 18.8 Å². The topological polar surface area (TPSA) is 95.9 Å². The van der Waals surface area contributed by atoms with Gasteiger partial charge in [-0.1, -0.05) is 12.1 Å². The van der Waals surface area contributed by atoms with Crippen molar-refractivity contribution in [3.63, 3.8) is 0 Å². The number of fused-ring (bicyclic) bond motifs is 1. The number of carboxylic acid groups (broad SMARTS) is 1. The molecule has 2 aromatic rings. The number of nitrogens with one attached hydrogen (secondary N) is 1. The smallest absolute Gasteiger partial charge is 0.303 e. The second-order valence-electron chi connectivity index (χ2n) is 6.44. The minimum absolute atomic E-state index is 0.155. The molecule has 0 aliphatic carbocycles. The van der Waals surface area contributed by atoms with Crippen LogP contribution in [-0.2, 0) is 20.9 Å². The van der Waals surface area contributed by atoms with E-state index in [-0.39, 0.29) is 31.1 Å². The van der Waals surface area contributed by atoms with Crippen LogP contribution in [0, 0.1) is 5.82 Å². The molecule has 146 valence electrons. The summed E-state index contributed by atoms with van der Waals surface area (Å²) in [5.74, 6) is -1.64. The zero-order chi connectivity index (χ0) is 20.3. The summed E-state index contributed by atoms with van der Waals surface area (Å²) in [4.78, 5) is 36.6. The van der Waals surface area contributed by atoms with E-state index in [0.29, 0.717) is 17.1 Å². The van der Waals surface area contributed by atoms with Crippen molar-refractivity contribution < 1.29 is 28.6 Å². The number of hydrogen-bond acceptors (Lipinski definition) is 4. The summed E-state index contributed by atoms with van der Waals surface area (Å²) in [5, 5.41) is 11.3. The van der Waals surface area contributed by atoms with E-state index in [0.717, 1.165) is 5.56 Å². The van der Waals surface area contributed by atoms with Crippen molar-refractivity contribution in [2.45, 2.75) is 32.4 Å². The summed E-state index contributed by atoms with van der Waals surface area (Å²) >= 11 is 0. The third-order valence-corrected chi connectivity index (χ3v) is 4.27. The minimum atomic E-state index is -1.06. The molecule has 2 N–H and O–H groups in total. The number of halogens is 1. The molecule has 1 aliphatic heterocycles. The number of benzene rings is 2. The van der Waals surface area contributed by atoms with Crippen LogP contribution in [0.1, 0.15) is 25.3 Å². The molecule has 8 heteroatoms. The Labute approximate surface area is 160 Å². The zero-order valence-electron chi connectivity index (χ0n) is 15.1. The van der Waals surface area contributed by atoms with Gasteiger partial charge in [0, 0.05) is 12.1 Å². The molecule has 0 fully saturated rings. The molecule has 1 unspecified atom stereocenters. The number of rotatable bonds is 6. The first kappa shape index (κ1) is 19.3. The summed E-state index contributed by atoms with van der Waals surface area (Å²) in [6.07, 6.45) is -1.10. The quantitative estimate of drug-likeness (QED) is 0.796. The Morgan fingerprint density at radius 1 is 1.18 bits per heavy atom. The third-order valence-electron chi connectivity index (χ3n) is 4.27. The van der Waals surface area contributed by atoms with E-state index < -0.39 is 18.0 Å². The van der Waals surface area contributed by atoms with Gasteiger partial charge in [-0.15, -0.1) is 0 Å². The largest absolute Gasteiger partial charge is 0.481 e. The molecule has 0 radical (unpaired) electrons. The lowest BCUT2D eigenvalue weighted by molar-refractivity contribution is -0.138. The van der Waals surface area contributed by atoms with Crippen LogP contribution in [0.2, 0.25) is 0 Å². The Morgan fingerprint density at radius 3 is 2.57 bits per heavy atom. The Morgan fingerprint density at radius 2 is 1.89 bits per heavy atom. The number of ether oxygens (including phenoxy) is 1. The molecule has 7 nitrogen and oxygen atoms in total. The number of hydrogen-bond donors (Lipinski definition) is 2. The van der Waals surface area contributed by atoms with Gasteiger partial charge in [0.1, 0.15) is 11.6 Å². The van der Waals surface area contributed by atoms with Crippen molar-refractivity contribution in [1.29, 1.82) is 0 Å². The lowest BCUT2D eigenvalue weighted by atomic mass is 10.1. The van der Waals surface area contributed by atoms with Crippen LogP contribution in [0.15, 0.2) is 42.5 Å². The van der Waals surface area contributed by atoms with E-state index in [1.807, 2.05) is 0 Å². The predicted molar refractivity (Wildman–Crippen MR) is 99.6 cm³/mol. The van der Waals surface area contributed by atoms with Crippen molar-refractivity contribution in [2.24, 2.45) is 0 Å². The maximum atomic E-state index is 13.2. The molecule has 2 aromatic carbocycles. The van der Waals surface area contributed by atoms with Crippen LogP contribution in [0.4, 0.5) is 15.8 Å². The summed E-state index contributed by atoms with van der Waals surface area (Å²) < 4.78 is 18.8. The molecule has 2 amide bonds. The monoisotopic (exact) mass is 386 g/mol. The molecule has 1 heterocycles. The maximum absolute atomic E-state index is 13.2. The number of nitrogens with zero attached hydrogens (tertiary/aromatic N) is 1. The van der Waals surface area contributed by atoms with Crippen LogP contribution in [0.5, 0.6) is 5.75 Å². The number of carboxylic acids is 1. The van der Waals surface area contributed by atoms with E-state index in [1.165, 1.54) is 17.0 Å². The van der Waals surface area contributed by atoms with Crippen molar-refractivity contribution in [3.05, 3.63) is 53.8 Å². The van der Waals surface area contributed by atoms with Crippen molar-refractivity contribution in [1.82, 2.24) is 0 Å². The van der Waals surface area contributed by atoms with E-state index in [1.54, 1.807) is 37.3 Å². The van der Waals surface area contributed by atoms with Crippen molar-refractivity contribution >= 4 is 29.2 Å². The fourth-order valence-electron chi connectivity index (χ4n) is 2.86. The lowest BCUT2D eigenvalue weighted by Crippen LogP contribution is -2.44. The molecule has 0 bridgehead atoms. The Kier molecular flexibility index (Phi) is 5.58. The van der Waals surface area contributed by atoms with Gasteiger partial charge in [-0.3, -0.25) is 14.4 Å². The van der Waals surface area contributed by atoms with Gasteiger partial charge >= 0.3 is 5.97 Å². The number of amides is 2. The Bertz CT molecular complexity index is 913. The highest BCUT2D eigenvalue weighted by atomic mass is 19.1. The number of carbonyl (C=O) groups is 3. The van der Waals surface area contributed by atoms with Crippen LogP contribution >= 0.6 is 0 Å². The highest BCUT2D eigenvalue weighted by Crippen LogP contribution is 2.37. The first-order valence-electron chi connectivity index (χ1n) is 8.71. The van der Waals surface area contributed by atoms with E-state index in [2.05, 4.69) is 5.32 Å². The highest BCUT2D eigenvalue weighted by molar-refractivity contribution is 6.01. The second kappa shape index (κ2) is 8.08. The Balaban J connectivity index is 1.84. The molecule has 0 aromatic heterocycles. The van der Waals surface area contributed by atoms with Crippen LogP contribution < -0.4 is 15.0 Å². The molecule has 0 saturated carbocycles. The number of aliphatic carboxylic acids is 1. The summed E-state index contributed by atoms with van der Waals surface area (Å²) in [6, 6.07) is 10.7. The van der Waals surface area contributed by atoms with E-state index >= 15 is 0 Å². The molecule has 0 saturated heterocycles. The molecule has 1 aliphatic rings. The van der Waals surface area contributed by atoms with Gasteiger partial charge < -0.3 is 20.1 Å². The molecule has 1 atom stereocenters. The molecular weight excluding hydrogens is 367 g/mol. The SMILES string of the molecule is CC1Oc2ccc(NC(=O)CCC(=O)O)cc2N(Cc2ccc(F)cc2)C1=O. The molecule has 3 rings (SSSR count). The number of carbonyl (C=O) groups excluding carboxylic acids is 2. The van der Waals surface area contributed by atoms with Crippen LogP contribution in [0.25, 0.3) is 0 Å². The first-order chi connectivity index (χ1) is 13.3. The van der Waals surface area contributed by atoms with Gasteiger partial charge in [0.15, 0.2) is 6.10 Å². The van der Waals surface area contributed by atoms with Crippen molar-refractivity contribution in [2.75, 3.05) is 10.2 Å². The third kappa shape index (κ3) is 4.46. The number of anilines is 2. The molecular formula is C20H19FN2O5. The van der Waals surface area contributed by atoms with Crippen LogP contribution in [0.3, 0.4) is 0 Å². The van der Waals surface area contributed by atoms with Gasteiger partial charge in [-0.2, -0.15) is 0 Å². The predicted octanol–water partition coefficient (Wildman–Crippen LogP) is 2.94. The zero-order valence-corrected chi connectivity index (χ0v) is 15.1. The summed E-state index contributed by atoms with van der Waals surface area (Å²) in [7, 11) is 0. The highest BCUT2D eigenvalue weighted by Gasteiger charge is 2.31. The minimum Gasteiger partial charge on any atom is -0.481 e. The first-order valence-corrected chi connectivity index (χ1v) is 8.71. The maximum Gasteiger partial charge on any atom is 0.303 e. The standard InChI is InChI=1S/C20H19FN2O5/c1-12-20(27)23(11-13-2-4-14(21)5-3-13)16-10-15(6-7-17(16)28-12)22-18(24)8-9-19(25)26/h2-7,10,12H,8-9,11H2,1H3,(H,22,24)(H,25,26). The lowest BCUT2D eigenvalue weighted by Gasteiger charge is -2.33. The normalized spacial score (nSPS) is 15.6. The molecule has 0 spiro atoms. The fraction of sp³-hybridized carbons (Fsp3) is 0.250. The Hall–Kier alpha value is -3.42. The summed E-state index contributed by atoms with van der Waals surface area (Å²) in [6.45, 7) is 1.86. The molecule has 28 heavy (non-hydrogen) atoms. The average molecular weight is 386 g/mol. The van der Waals surface area contributed by atoms with Gasteiger partial charge in [-0.25, -0.2) is 4.39 Å². The summed E-state index contributed by atoms with van der Waals surface area (Å²) in [5.41, 5.74) is 1.64. The van der Waals surface area contributed by atoms with Crippen LogP contribution in [-0.4, -0.2) is 29.0 Å². The van der Waals surface area contributed by atoms with Gasteiger partial charge in [-0.05, 0) is 42.8 Å². The van der Waals surface area contributed by atoms with Gasteiger partial charge in [0.05, 0.1) is 18.7 Å². The van der Waals surface area contributed by atoms with Gasteiger partial charge in [0.25, 0.3) is 5.91 Å². The second-order valence-corrected chi connectivity index (χ2v) is 6.44.